The zero-order chi connectivity index (χ0) is 22.5. The first-order chi connectivity index (χ1) is 15.5. The highest BCUT2D eigenvalue weighted by atomic mass is 35.5. The summed E-state index contributed by atoms with van der Waals surface area (Å²) in [6.45, 7) is 2.68. The number of nitrogens with zero attached hydrogens (tertiary/aromatic N) is 2. The molecule has 1 amide bonds. The quantitative estimate of drug-likeness (QED) is 0.461. The van der Waals surface area contributed by atoms with Crippen molar-refractivity contribution in [1.29, 1.82) is 0 Å². The van der Waals surface area contributed by atoms with Crippen molar-refractivity contribution in [3.63, 3.8) is 0 Å². The van der Waals surface area contributed by atoms with E-state index in [0.29, 0.717) is 18.1 Å². The predicted octanol–water partition coefficient (Wildman–Crippen LogP) is 5.67. The van der Waals surface area contributed by atoms with E-state index >= 15 is 0 Å². The van der Waals surface area contributed by atoms with Crippen LogP contribution in [0.4, 0.5) is 4.39 Å². The van der Waals surface area contributed by atoms with Gasteiger partial charge in [-0.2, -0.15) is 0 Å². The number of halogens is 2. The monoisotopic (exact) mass is 454 g/mol. The van der Waals surface area contributed by atoms with E-state index < -0.39 is 0 Å². The maximum absolute atomic E-state index is 13.2. The van der Waals surface area contributed by atoms with E-state index in [2.05, 4.69) is 4.90 Å². The van der Waals surface area contributed by atoms with Crippen LogP contribution >= 0.6 is 11.6 Å². The van der Waals surface area contributed by atoms with E-state index in [-0.39, 0.29) is 17.8 Å². The number of hydrogen-bond acceptors (Lipinski definition) is 3. The standard InChI is InChI=1S/C26H28ClFN2O2/c1-29(26(31)25-7-4-16-32-25)24(17-21-5-2-3-6-23(21)27)20-12-14-30(15-13-20)18-19-8-10-22(28)11-9-19/h2-11,16,20,24H,12-15,17-18H2,1H3/t24-/m0/s1. The molecule has 1 aliphatic heterocycles. The van der Waals surface area contributed by atoms with Gasteiger partial charge in [-0.1, -0.05) is 41.9 Å². The lowest BCUT2D eigenvalue weighted by atomic mass is 9.84. The highest BCUT2D eigenvalue weighted by Gasteiger charge is 2.33. The number of likely N-dealkylation sites (N-methyl/N-ethyl adjacent to an activating group) is 1. The van der Waals surface area contributed by atoms with Gasteiger partial charge in [-0.05, 0) is 79.7 Å². The molecule has 168 valence electrons. The number of rotatable bonds is 7. The second-order valence-electron chi connectivity index (χ2n) is 8.50. The van der Waals surface area contributed by atoms with Gasteiger partial charge in [0.1, 0.15) is 5.82 Å². The van der Waals surface area contributed by atoms with Crippen LogP contribution < -0.4 is 0 Å². The Bertz CT molecular complexity index is 1010. The summed E-state index contributed by atoms with van der Waals surface area (Å²) in [5, 5.41) is 0.727. The molecule has 1 atom stereocenters. The Hall–Kier alpha value is -2.63. The molecule has 0 unspecified atom stereocenters. The van der Waals surface area contributed by atoms with Crippen molar-refractivity contribution in [3.8, 4) is 0 Å². The maximum atomic E-state index is 13.2. The first-order valence-corrected chi connectivity index (χ1v) is 11.4. The van der Waals surface area contributed by atoms with Crippen molar-refractivity contribution in [2.45, 2.75) is 31.8 Å². The molecule has 2 heterocycles. The number of piperidine rings is 1. The minimum absolute atomic E-state index is 0.0143. The number of likely N-dealkylation sites (tertiary alicyclic amines) is 1. The molecule has 6 heteroatoms. The van der Waals surface area contributed by atoms with E-state index in [9.17, 15) is 9.18 Å². The second kappa shape index (κ2) is 10.3. The first-order valence-electron chi connectivity index (χ1n) is 11.0. The summed E-state index contributed by atoms with van der Waals surface area (Å²) >= 11 is 6.46. The average Bonchev–Trinajstić information content (AvgIpc) is 3.35. The van der Waals surface area contributed by atoms with Crippen molar-refractivity contribution in [2.75, 3.05) is 20.1 Å². The average molecular weight is 455 g/mol. The van der Waals surface area contributed by atoms with Crippen LogP contribution in [0.5, 0.6) is 0 Å². The Morgan fingerprint density at radius 1 is 1.12 bits per heavy atom. The van der Waals surface area contributed by atoms with Gasteiger partial charge in [-0.15, -0.1) is 0 Å². The molecular weight excluding hydrogens is 427 g/mol. The van der Waals surface area contributed by atoms with E-state index in [1.807, 2.05) is 48.3 Å². The normalized spacial score (nSPS) is 16.1. The number of benzene rings is 2. The molecule has 1 aromatic heterocycles. The Morgan fingerprint density at radius 3 is 2.50 bits per heavy atom. The minimum atomic E-state index is -0.209. The van der Waals surface area contributed by atoms with Crippen LogP contribution in [0.2, 0.25) is 5.02 Å². The molecule has 0 aliphatic carbocycles. The van der Waals surface area contributed by atoms with Gasteiger partial charge in [-0.25, -0.2) is 4.39 Å². The summed E-state index contributed by atoms with van der Waals surface area (Å²) in [6.07, 6.45) is 4.18. The van der Waals surface area contributed by atoms with Gasteiger partial charge in [0, 0.05) is 24.7 Å². The van der Waals surface area contributed by atoms with Crippen molar-refractivity contribution in [3.05, 3.63) is 94.7 Å². The summed E-state index contributed by atoms with van der Waals surface area (Å²) in [7, 11) is 1.86. The third-order valence-electron chi connectivity index (χ3n) is 6.43. The van der Waals surface area contributed by atoms with E-state index in [1.165, 1.54) is 18.4 Å². The van der Waals surface area contributed by atoms with Gasteiger partial charge < -0.3 is 9.32 Å². The minimum Gasteiger partial charge on any atom is -0.459 e. The third-order valence-corrected chi connectivity index (χ3v) is 6.80. The van der Waals surface area contributed by atoms with Gasteiger partial charge in [0.15, 0.2) is 5.76 Å². The lowest BCUT2D eigenvalue weighted by molar-refractivity contribution is 0.0556. The van der Waals surface area contributed by atoms with Crippen molar-refractivity contribution in [1.82, 2.24) is 9.80 Å². The van der Waals surface area contributed by atoms with Crippen LogP contribution in [0.1, 0.15) is 34.5 Å². The van der Waals surface area contributed by atoms with Gasteiger partial charge in [-0.3, -0.25) is 9.69 Å². The molecule has 0 spiro atoms. The molecule has 0 saturated carbocycles. The lowest BCUT2D eigenvalue weighted by Gasteiger charge is -2.40. The Morgan fingerprint density at radius 2 is 1.84 bits per heavy atom. The van der Waals surface area contributed by atoms with Gasteiger partial charge in [0.05, 0.1) is 6.26 Å². The van der Waals surface area contributed by atoms with E-state index in [0.717, 1.165) is 48.6 Å². The molecule has 1 aliphatic rings. The third kappa shape index (κ3) is 5.40. The molecule has 32 heavy (non-hydrogen) atoms. The highest BCUT2D eigenvalue weighted by Crippen LogP contribution is 2.30. The number of carbonyl (C=O) groups excluding carboxylic acids is 1. The summed E-state index contributed by atoms with van der Waals surface area (Å²) in [5.74, 6) is 0.380. The van der Waals surface area contributed by atoms with Crippen molar-refractivity contribution >= 4 is 17.5 Å². The van der Waals surface area contributed by atoms with Crippen LogP contribution in [0, 0.1) is 11.7 Å². The van der Waals surface area contributed by atoms with Crippen molar-refractivity contribution < 1.29 is 13.6 Å². The van der Waals surface area contributed by atoms with E-state index in [1.54, 1.807) is 12.1 Å². The van der Waals surface area contributed by atoms with Gasteiger partial charge in [0.2, 0.25) is 0 Å². The zero-order valence-electron chi connectivity index (χ0n) is 18.2. The molecule has 0 radical (unpaired) electrons. The van der Waals surface area contributed by atoms with Crippen LogP contribution in [0.3, 0.4) is 0 Å². The highest BCUT2D eigenvalue weighted by molar-refractivity contribution is 6.31. The SMILES string of the molecule is CN(C(=O)c1ccco1)[C@@H](Cc1ccccc1Cl)C1CCN(Cc2ccc(F)cc2)CC1. The fraction of sp³-hybridized carbons (Fsp3) is 0.346. The Labute approximate surface area is 193 Å². The smallest absolute Gasteiger partial charge is 0.289 e. The number of carbonyl (C=O) groups is 1. The maximum Gasteiger partial charge on any atom is 0.289 e. The van der Waals surface area contributed by atoms with Gasteiger partial charge in [0.25, 0.3) is 5.91 Å². The molecule has 0 N–H and O–H groups in total. The predicted molar refractivity (Wildman–Crippen MR) is 124 cm³/mol. The van der Waals surface area contributed by atoms with E-state index in [4.69, 9.17) is 16.0 Å². The summed E-state index contributed by atoms with van der Waals surface area (Å²) < 4.78 is 18.6. The topological polar surface area (TPSA) is 36.7 Å². The molecular formula is C26H28ClFN2O2. The molecule has 4 nitrogen and oxygen atoms in total. The Kier molecular flexibility index (Phi) is 7.28. The van der Waals surface area contributed by atoms with Gasteiger partial charge >= 0.3 is 0 Å². The molecule has 2 aromatic carbocycles. The first kappa shape index (κ1) is 22.6. The van der Waals surface area contributed by atoms with Crippen LogP contribution in [-0.4, -0.2) is 41.9 Å². The van der Waals surface area contributed by atoms with Crippen LogP contribution in [-0.2, 0) is 13.0 Å². The molecule has 3 aromatic rings. The summed E-state index contributed by atoms with van der Waals surface area (Å²) in [5.41, 5.74) is 2.16. The molecule has 4 rings (SSSR count). The zero-order valence-corrected chi connectivity index (χ0v) is 19.0. The van der Waals surface area contributed by atoms with Crippen LogP contribution in [0.15, 0.2) is 71.3 Å². The fourth-order valence-corrected chi connectivity index (χ4v) is 4.79. The number of amides is 1. The number of furan rings is 1. The lowest BCUT2D eigenvalue weighted by Crippen LogP contribution is -2.47. The Balaban J connectivity index is 1.46. The van der Waals surface area contributed by atoms with Crippen LogP contribution in [0.25, 0.3) is 0 Å². The summed E-state index contributed by atoms with van der Waals surface area (Å²) in [4.78, 5) is 17.3. The largest absolute Gasteiger partial charge is 0.459 e. The number of hydrogen-bond donors (Lipinski definition) is 0. The molecule has 1 saturated heterocycles. The second-order valence-corrected chi connectivity index (χ2v) is 8.90. The van der Waals surface area contributed by atoms with Crippen molar-refractivity contribution in [2.24, 2.45) is 5.92 Å². The fourth-order valence-electron chi connectivity index (χ4n) is 4.58. The molecule has 0 bridgehead atoms. The molecule has 1 fully saturated rings. The summed E-state index contributed by atoms with van der Waals surface area (Å²) in [6, 6.07) is 18.0.